The van der Waals surface area contributed by atoms with Crippen LogP contribution in [0.1, 0.15) is 11.1 Å². The first kappa shape index (κ1) is 11.2. The Labute approximate surface area is 99.3 Å². The van der Waals surface area contributed by atoms with Gasteiger partial charge in [-0.05, 0) is 32.0 Å². The van der Waals surface area contributed by atoms with Gasteiger partial charge in [0.05, 0.1) is 0 Å². The highest BCUT2D eigenvalue weighted by atomic mass is 32.2. The molecule has 0 fully saturated rings. The Morgan fingerprint density at radius 2 is 1.94 bits per heavy atom. The highest BCUT2D eigenvalue weighted by molar-refractivity contribution is 7.91. The molecule has 0 N–H and O–H groups in total. The zero-order chi connectivity index (χ0) is 11.5. The van der Waals surface area contributed by atoms with Gasteiger partial charge < -0.3 is 4.55 Å². The first-order chi connectivity index (χ1) is 7.68. The maximum atomic E-state index is 12.3. The first-order valence-electron chi connectivity index (χ1n) is 5.14. The fraction of sp³-hybridized carbons (Fsp3) is 0.143. The molecule has 0 aromatic heterocycles. The lowest BCUT2D eigenvalue weighted by atomic mass is 10.2. The van der Waals surface area contributed by atoms with Crippen LogP contribution in [0.3, 0.4) is 0 Å². The number of aryl methyl sites for hydroxylation is 2. The molecular formula is C14H13OS. The topological polar surface area (TPSA) is 23.1 Å². The van der Waals surface area contributed by atoms with E-state index in [1.807, 2.05) is 44.2 Å². The summed E-state index contributed by atoms with van der Waals surface area (Å²) < 4.78 is 12.3. The summed E-state index contributed by atoms with van der Waals surface area (Å²) in [7, 11) is 0. The van der Waals surface area contributed by atoms with Gasteiger partial charge in [0.15, 0.2) is 9.79 Å². The minimum Gasteiger partial charge on any atom is -0.606 e. The standard InChI is InChI=1S/C14H13OS/c1-11-8-9-14(12(2)10-11)16(15)13-6-4-3-5-7-13/h3-6,8-10H,1-2H3. The molecule has 2 aromatic carbocycles. The lowest BCUT2D eigenvalue weighted by molar-refractivity contribution is 0.594. The van der Waals surface area contributed by atoms with Gasteiger partial charge in [0.25, 0.3) is 0 Å². The van der Waals surface area contributed by atoms with Crippen molar-refractivity contribution in [3.05, 3.63) is 59.7 Å². The summed E-state index contributed by atoms with van der Waals surface area (Å²) >= 11 is -1.12. The van der Waals surface area contributed by atoms with E-state index in [1.165, 1.54) is 5.56 Å². The molecule has 1 nitrogen and oxygen atoms in total. The van der Waals surface area contributed by atoms with Crippen LogP contribution in [0.5, 0.6) is 0 Å². The Hall–Kier alpha value is -1.25. The smallest absolute Gasteiger partial charge is 0.166 e. The van der Waals surface area contributed by atoms with Crippen LogP contribution in [-0.2, 0) is 11.2 Å². The molecule has 0 saturated carbocycles. The van der Waals surface area contributed by atoms with Crippen molar-refractivity contribution in [2.24, 2.45) is 0 Å². The minimum atomic E-state index is -1.12. The number of rotatable bonds is 2. The van der Waals surface area contributed by atoms with Gasteiger partial charge in [-0.1, -0.05) is 29.8 Å². The third-order valence-corrected chi connectivity index (χ3v) is 3.92. The van der Waals surface area contributed by atoms with Crippen LogP contribution in [0.2, 0.25) is 0 Å². The maximum Gasteiger partial charge on any atom is 0.166 e. The third-order valence-electron chi connectivity index (χ3n) is 2.41. The van der Waals surface area contributed by atoms with E-state index < -0.39 is 11.2 Å². The summed E-state index contributed by atoms with van der Waals surface area (Å²) in [4.78, 5) is 1.60. The Bertz CT molecular complexity index is 479. The molecule has 2 aromatic rings. The summed E-state index contributed by atoms with van der Waals surface area (Å²) in [5.41, 5.74) is 2.26. The van der Waals surface area contributed by atoms with Gasteiger partial charge in [-0.15, -0.1) is 0 Å². The average molecular weight is 229 g/mol. The van der Waals surface area contributed by atoms with Gasteiger partial charge in [0, 0.05) is 22.8 Å². The quantitative estimate of drug-likeness (QED) is 0.725. The summed E-state index contributed by atoms with van der Waals surface area (Å²) in [6.07, 6.45) is 0. The van der Waals surface area contributed by atoms with Crippen molar-refractivity contribution in [2.45, 2.75) is 23.6 Å². The van der Waals surface area contributed by atoms with Gasteiger partial charge in [-0.3, -0.25) is 0 Å². The van der Waals surface area contributed by atoms with Crippen molar-refractivity contribution in [2.75, 3.05) is 0 Å². The number of benzene rings is 2. The van der Waals surface area contributed by atoms with Crippen LogP contribution in [-0.4, -0.2) is 4.55 Å². The second kappa shape index (κ2) is 4.73. The van der Waals surface area contributed by atoms with E-state index in [-0.39, 0.29) is 0 Å². The molecule has 0 aliphatic carbocycles. The van der Waals surface area contributed by atoms with Gasteiger partial charge in [-0.2, -0.15) is 0 Å². The van der Waals surface area contributed by atoms with Crippen LogP contribution >= 0.6 is 0 Å². The number of hydrogen-bond acceptors (Lipinski definition) is 1. The minimum absolute atomic E-state index is 0.731. The summed E-state index contributed by atoms with van der Waals surface area (Å²) in [5, 5.41) is 0. The van der Waals surface area contributed by atoms with E-state index in [2.05, 4.69) is 12.1 Å². The molecule has 0 aliphatic heterocycles. The van der Waals surface area contributed by atoms with E-state index in [1.54, 1.807) is 6.07 Å². The fourth-order valence-corrected chi connectivity index (χ4v) is 2.78. The van der Waals surface area contributed by atoms with Gasteiger partial charge in [0.2, 0.25) is 0 Å². The normalized spacial score (nSPS) is 12.4. The third kappa shape index (κ3) is 2.29. The molecule has 2 rings (SSSR count). The monoisotopic (exact) mass is 229 g/mol. The molecule has 1 radical (unpaired) electrons. The second-order valence-electron chi connectivity index (χ2n) is 3.76. The van der Waals surface area contributed by atoms with Crippen molar-refractivity contribution < 1.29 is 4.55 Å². The molecular weight excluding hydrogens is 216 g/mol. The molecule has 1 atom stereocenters. The van der Waals surface area contributed by atoms with Crippen molar-refractivity contribution in [3.8, 4) is 0 Å². The SMILES string of the molecule is Cc1ccc([S+]([O-])c2[c]cccc2)c(C)c1. The molecule has 2 heteroatoms. The van der Waals surface area contributed by atoms with Gasteiger partial charge in [-0.25, -0.2) is 0 Å². The molecule has 0 bridgehead atoms. The van der Waals surface area contributed by atoms with Crippen molar-refractivity contribution in [3.63, 3.8) is 0 Å². The van der Waals surface area contributed by atoms with Crippen molar-refractivity contribution >= 4 is 11.2 Å². The van der Waals surface area contributed by atoms with Crippen LogP contribution < -0.4 is 0 Å². The van der Waals surface area contributed by atoms with Crippen molar-refractivity contribution in [1.82, 2.24) is 0 Å². The summed E-state index contributed by atoms with van der Waals surface area (Å²) in [6, 6.07) is 16.4. The average Bonchev–Trinajstić information content (AvgIpc) is 2.29. The molecule has 0 heterocycles. The van der Waals surface area contributed by atoms with Crippen LogP contribution in [0.25, 0.3) is 0 Å². The molecule has 16 heavy (non-hydrogen) atoms. The van der Waals surface area contributed by atoms with E-state index in [9.17, 15) is 4.55 Å². The van der Waals surface area contributed by atoms with E-state index in [0.717, 1.165) is 15.4 Å². The van der Waals surface area contributed by atoms with E-state index in [4.69, 9.17) is 0 Å². The summed E-state index contributed by atoms with van der Waals surface area (Å²) in [6.45, 7) is 4.03. The summed E-state index contributed by atoms with van der Waals surface area (Å²) in [5.74, 6) is 0. The molecule has 0 aliphatic rings. The lowest BCUT2D eigenvalue weighted by Gasteiger charge is -2.11. The molecule has 0 spiro atoms. The highest BCUT2D eigenvalue weighted by Crippen LogP contribution is 2.23. The zero-order valence-corrected chi connectivity index (χ0v) is 10.2. The second-order valence-corrected chi connectivity index (χ2v) is 5.18. The Kier molecular flexibility index (Phi) is 3.32. The largest absolute Gasteiger partial charge is 0.606 e. The van der Waals surface area contributed by atoms with Crippen LogP contribution in [0.15, 0.2) is 52.3 Å². The highest BCUT2D eigenvalue weighted by Gasteiger charge is 2.16. The predicted octanol–water partition coefficient (Wildman–Crippen LogP) is 3.27. The Morgan fingerprint density at radius 1 is 1.12 bits per heavy atom. The zero-order valence-electron chi connectivity index (χ0n) is 9.36. The molecule has 0 saturated heterocycles. The van der Waals surface area contributed by atoms with E-state index in [0.29, 0.717) is 0 Å². The first-order valence-corrected chi connectivity index (χ1v) is 6.29. The van der Waals surface area contributed by atoms with Crippen LogP contribution in [0.4, 0.5) is 0 Å². The molecule has 1 unspecified atom stereocenters. The lowest BCUT2D eigenvalue weighted by Crippen LogP contribution is -2.04. The van der Waals surface area contributed by atoms with Crippen molar-refractivity contribution in [1.29, 1.82) is 0 Å². The van der Waals surface area contributed by atoms with Gasteiger partial charge >= 0.3 is 0 Å². The fourth-order valence-electron chi connectivity index (χ4n) is 1.62. The Balaban J connectivity index is 2.38. The maximum absolute atomic E-state index is 12.3. The number of hydrogen-bond donors (Lipinski definition) is 0. The Morgan fingerprint density at radius 3 is 2.56 bits per heavy atom. The van der Waals surface area contributed by atoms with Gasteiger partial charge in [0.1, 0.15) is 0 Å². The predicted molar refractivity (Wildman–Crippen MR) is 65.9 cm³/mol. The van der Waals surface area contributed by atoms with E-state index >= 15 is 0 Å². The molecule has 81 valence electrons. The van der Waals surface area contributed by atoms with Crippen LogP contribution in [0, 0.1) is 19.9 Å². The molecule has 0 amide bonds.